The number of rotatable bonds is 8. The van der Waals surface area contributed by atoms with Gasteiger partial charge in [0, 0.05) is 56.8 Å². The Morgan fingerprint density at radius 1 is 1.24 bits per heavy atom. The molecule has 10 nitrogen and oxygen atoms in total. The van der Waals surface area contributed by atoms with Crippen LogP contribution in [0.5, 0.6) is 0 Å². The number of carbonyl (C=O) groups excluding carboxylic acids is 1. The molecule has 0 unspecified atom stereocenters. The van der Waals surface area contributed by atoms with Crippen LogP contribution in [0.2, 0.25) is 0 Å². The molecule has 1 saturated heterocycles. The van der Waals surface area contributed by atoms with Gasteiger partial charge in [-0.3, -0.25) is 9.89 Å². The minimum Gasteiger partial charge on any atom is -0.356 e. The van der Waals surface area contributed by atoms with Crippen LogP contribution in [-0.4, -0.2) is 80.7 Å². The first-order valence-electron chi connectivity index (χ1n) is 11.4. The summed E-state index contributed by atoms with van der Waals surface area (Å²) in [5, 5.41) is 14.7. The van der Waals surface area contributed by atoms with Gasteiger partial charge in [-0.05, 0) is 19.1 Å². The summed E-state index contributed by atoms with van der Waals surface area (Å²) in [5.41, 5.74) is -2.03. The van der Waals surface area contributed by atoms with Crippen molar-refractivity contribution in [2.75, 3.05) is 43.5 Å². The molecule has 0 aromatic carbocycles. The summed E-state index contributed by atoms with van der Waals surface area (Å²) >= 11 is 0. The second-order valence-electron chi connectivity index (χ2n) is 8.38. The minimum atomic E-state index is -5.02. The first kappa shape index (κ1) is 25.9. The van der Waals surface area contributed by atoms with E-state index in [9.17, 15) is 18.0 Å². The molecule has 1 fully saturated rings. The van der Waals surface area contributed by atoms with Crippen molar-refractivity contribution in [3.63, 3.8) is 0 Å². The normalized spacial score (nSPS) is 16.5. The van der Waals surface area contributed by atoms with Crippen molar-refractivity contribution in [3.05, 3.63) is 67.0 Å². The Balaban J connectivity index is 1.57. The number of allylic oxidation sites excluding steroid dienone is 2. The Morgan fingerprint density at radius 2 is 1.97 bits per heavy atom. The van der Waals surface area contributed by atoms with E-state index in [1.165, 1.54) is 0 Å². The molecular weight excluding hydrogens is 489 g/mol. The summed E-state index contributed by atoms with van der Waals surface area (Å²) in [5.74, 6) is 0.237. The summed E-state index contributed by atoms with van der Waals surface area (Å²) in [7, 11) is 0.859. The fraction of sp³-hybridized carbons (Fsp3) is 0.333. The number of halogens is 3. The van der Waals surface area contributed by atoms with E-state index in [1.54, 1.807) is 15.6 Å². The molecule has 1 aliphatic heterocycles. The van der Waals surface area contributed by atoms with E-state index in [2.05, 4.69) is 38.8 Å². The maximum absolute atomic E-state index is 14.3. The summed E-state index contributed by atoms with van der Waals surface area (Å²) in [6.07, 6.45) is -0.0601. The highest BCUT2D eigenvalue weighted by Crippen LogP contribution is 2.41. The number of carbonyl (C=O) groups is 1. The topological polar surface area (TPSA) is 104 Å². The number of anilines is 3. The fourth-order valence-corrected chi connectivity index (χ4v) is 4.27. The van der Waals surface area contributed by atoms with E-state index < -0.39 is 23.3 Å². The molecule has 1 atom stereocenters. The Labute approximate surface area is 211 Å². The van der Waals surface area contributed by atoms with Crippen LogP contribution in [0.25, 0.3) is 5.52 Å². The molecule has 13 heteroatoms. The number of amides is 1. The number of aromatic nitrogens is 5. The van der Waals surface area contributed by atoms with Gasteiger partial charge in [0.15, 0.2) is 11.6 Å². The number of ether oxygens (including phenoxy) is 1. The number of aromatic amines is 1. The van der Waals surface area contributed by atoms with E-state index >= 15 is 0 Å². The maximum atomic E-state index is 14.3. The molecule has 4 rings (SSSR count). The lowest BCUT2D eigenvalue weighted by atomic mass is 9.89. The van der Waals surface area contributed by atoms with Crippen LogP contribution < -0.4 is 10.2 Å². The molecule has 1 aliphatic rings. The van der Waals surface area contributed by atoms with Crippen molar-refractivity contribution >= 4 is 29.0 Å². The predicted octanol–water partition coefficient (Wildman–Crippen LogP) is 3.40. The summed E-state index contributed by atoms with van der Waals surface area (Å²) in [6.45, 7) is 9.20. The van der Waals surface area contributed by atoms with Crippen LogP contribution in [0.15, 0.2) is 61.4 Å². The van der Waals surface area contributed by atoms with E-state index in [-0.39, 0.29) is 26.2 Å². The van der Waals surface area contributed by atoms with Crippen molar-refractivity contribution in [1.82, 2.24) is 29.7 Å². The van der Waals surface area contributed by atoms with Crippen LogP contribution in [0.4, 0.5) is 30.8 Å². The number of hydrogen-bond donors (Lipinski definition) is 2. The molecule has 3 aromatic heterocycles. The fourth-order valence-electron chi connectivity index (χ4n) is 4.27. The van der Waals surface area contributed by atoms with Gasteiger partial charge >= 0.3 is 6.18 Å². The third kappa shape index (κ3) is 4.69. The molecule has 0 saturated carbocycles. The quantitative estimate of drug-likeness (QED) is 0.443. The number of alkyl halides is 3. The van der Waals surface area contributed by atoms with E-state index in [0.717, 1.165) is 41.4 Å². The molecule has 0 bridgehead atoms. The zero-order valence-corrected chi connectivity index (χ0v) is 20.4. The van der Waals surface area contributed by atoms with Gasteiger partial charge in [-0.1, -0.05) is 31.4 Å². The lowest BCUT2D eigenvalue weighted by molar-refractivity contribution is -0.250. The monoisotopic (exact) mass is 516 g/mol. The van der Waals surface area contributed by atoms with Crippen LogP contribution in [0.3, 0.4) is 0 Å². The molecule has 196 valence electrons. The van der Waals surface area contributed by atoms with Gasteiger partial charge in [-0.25, -0.2) is 4.52 Å². The van der Waals surface area contributed by atoms with Crippen LogP contribution in [0.1, 0.15) is 5.69 Å². The number of piperazine rings is 1. The SMILES string of the molecule is C=C/C=C(\C=C)[C@@](OC)(C(=O)N1CCN(c2nc(Nc3cc(C)[nH]n3)c3cccn3n2)CC1)C(F)(F)F. The highest BCUT2D eigenvalue weighted by molar-refractivity contribution is 5.91. The van der Waals surface area contributed by atoms with Crippen LogP contribution in [0, 0.1) is 6.92 Å². The van der Waals surface area contributed by atoms with Crippen molar-refractivity contribution < 1.29 is 22.7 Å². The molecule has 0 radical (unpaired) electrons. The molecule has 37 heavy (non-hydrogen) atoms. The number of nitrogens with one attached hydrogen (secondary N) is 2. The first-order chi connectivity index (χ1) is 17.6. The molecule has 2 N–H and O–H groups in total. The standard InChI is InChI=1S/C24H27F3N8O2/c1-5-8-17(6-2)23(37-4,24(25,26)27)21(36)33-11-13-34(14-12-33)22-29-20(18-9-7-10-35(18)32-22)28-19-15-16(3)30-31-19/h5-10,15H,1-2,11-14H2,3-4H3,(H2,28,29,30,31,32)/b17-8+/t23-/m1/s1. The Hall–Kier alpha value is -4.13. The van der Waals surface area contributed by atoms with Crippen molar-refractivity contribution in [1.29, 1.82) is 0 Å². The Morgan fingerprint density at radius 3 is 2.54 bits per heavy atom. The molecular formula is C24H27F3N8O2. The highest BCUT2D eigenvalue weighted by Gasteiger charge is 2.64. The predicted molar refractivity (Wildman–Crippen MR) is 133 cm³/mol. The third-order valence-electron chi connectivity index (χ3n) is 6.11. The Bertz CT molecular complexity index is 1340. The van der Waals surface area contributed by atoms with Gasteiger partial charge < -0.3 is 19.9 Å². The van der Waals surface area contributed by atoms with E-state index in [1.807, 2.05) is 25.1 Å². The Kier molecular flexibility index (Phi) is 7.07. The van der Waals surface area contributed by atoms with Crippen LogP contribution >= 0.6 is 0 Å². The van der Waals surface area contributed by atoms with Gasteiger partial charge in [0.05, 0.1) is 0 Å². The maximum Gasteiger partial charge on any atom is 0.430 e. The van der Waals surface area contributed by atoms with E-state index in [0.29, 0.717) is 17.6 Å². The smallest absolute Gasteiger partial charge is 0.356 e. The van der Waals surface area contributed by atoms with Gasteiger partial charge in [0.25, 0.3) is 11.5 Å². The van der Waals surface area contributed by atoms with E-state index in [4.69, 9.17) is 4.74 Å². The number of hydrogen-bond acceptors (Lipinski definition) is 7. The molecule has 4 heterocycles. The summed E-state index contributed by atoms with van der Waals surface area (Å²) in [4.78, 5) is 20.9. The average molecular weight is 517 g/mol. The zero-order chi connectivity index (χ0) is 26.8. The number of aryl methyl sites for hydroxylation is 1. The van der Waals surface area contributed by atoms with Crippen molar-refractivity contribution in [3.8, 4) is 0 Å². The number of fused-ring (bicyclic) bond motifs is 1. The van der Waals surface area contributed by atoms with Crippen LogP contribution in [-0.2, 0) is 9.53 Å². The lowest BCUT2D eigenvalue weighted by Crippen LogP contribution is -2.63. The van der Waals surface area contributed by atoms with Gasteiger partial charge in [-0.15, -0.1) is 5.10 Å². The number of nitrogens with zero attached hydrogens (tertiary/aromatic N) is 6. The largest absolute Gasteiger partial charge is 0.430 e. The number of methoxy groups -OCH3 is 1. The summed E-state index contributed by atoms with van der Waals surface area (Å²) < 4.78 is 49.4. The van der Waals surface area contributed by atoms with Gasteiger partial charge in [-0.2, -0.15) is 23.3 Å². The molecule has 3 aromatic rings. The average Bonchev–Trinajstić information content (AvgIpc) is 3.52. The lowest BCUT2D eigenvalue weighted by Gasteiger charge is -2.41. The molecule has 1 amide bonds. The second kappa shape index (κ2) is 10.1. The van der Waals surface area contributed by atoms with Gasteiger partial charge in [0.2, 0.25) is 5.95 Å². The minimum absolute atomic E-state index is 0.00688. The highest BCUT2D eigenvalue weighted by atomic mass is 19.4. The van der Waals surface area contributed by atoms with Gasteiger partial charge in [0.1, 0.15) is 5.52 Å². The molecule has 0 aliphatic carbocycles. The molecule has 0 spiro atoms. The number of H-pyrrole nitrogens is 1. The second-order valence-corrected chi connectivity index (χ2v) is 8.38. The van der Waals surface area contributed by atoms with Crippen molar-refractivity contribution in [2.24, 2.45) is 0 Å². The first-order valence-corrected chi connectivity index (χ1v) is 11.4. The zero-order valence-electron chi connectivity index (χ0n) is 20.4. The van der Waals surface area contributed by atoms with Crippen molar-refractivity contribution in [2.45, 2.75) is 18.7 Å². The third-order valence-corrected chi connectivity index (χ3v) is 6.11. The summed E-state index contributed by atoms with van der Waals surface area (Å²) in [6, 6.07) is 5.49.